The Hall–Kier alpha value is -1.94. The molecule has 0 aliphatic rings. The Kier molecular flexibility index (Phi) is 4.35. The molecule has 0 spiro atoms. The standard InChI is InChI=1S/C16H18F2N2/c1-11(19-2)16-14(18)5-4-6-15(16)20(3)13-9-7-12(17)8-10-13/h4-11,19H,1-3H3. The van der Waals surface area contributed by atoms with Gasteiger partial charge in [-0.25, -0.2) is 8.78 Å². The summed E-state index contributed by atoms with van der Waals surface area (Å²) in [7, 11) is 3.63. The molecule has 20 heavy (non-hydrogen) atoms. The fourth-order valence-electron chi connectivity index (χ4n) is 2.19. The van der Waals surface area contributed by atoms with Crippen LogP contribution in [0.5, 0.6) is 0 Å². The van der Waals surface area contributed by atoms with Gasteiger partial charge in [-0.2, -0.15) is 0 Å². The summed E-state index contributed by atoms with van der Waals surface area (Å²) >= 11 is 0. The van der Waals surface area contributed by atoms with Gasteiger partial charge < -0.3 is 10.2 Å². The molecule has 1 N–H and O–H groups in total. The van der Waals surface area contributed by atoms with E-state index in [1.54, 1.807) is 25.2 Å². The Morgan fingerprint density at radius 1 is 1.05 bits per heavy atom. The number of benzene rings is 2. The Balaban J connectivity index is 2.46. The molecule has 0 aromatic heterocycles. The smallest absolute Gasteiger partial charge is 0.130 e. The summed E-state index contributed by atoms with van der Waals surface area (Å²) in [5, 5.41) is 3.05. The molecule has 0 heterocycles. The first-order valence-electron chi connectivity index (χ1n) is 6.49. The van der Waals surface area contributed by atoms with Gasteiger partial charge in [0.1, 0.15) is 11.6 Å². The molecule has 0 fully saturated rings. The van der Waals surface area contributed by atoms with Crippen LogP contribution < -0.4 is 10.2 Å². The normalized spacial score (nSPS) is 12.2. The number of nitrogens with zero attached hydrogens (tertiary/aromatic N) is 1. The number of anilines is 2. The molecule has 0 saturated heterocycles. The molecule has 0 radical (unpaired) electrons. The molecule has 0 amide bonds. The van der Waals surface area contributed by atoms with Crippen molar-refractivity contribution in [2.75, 3.05) is 19.0 Å². The van der Waals surface area contributed by atoms with Crippen molar-refractivity contribution in [2.45, 2.75) is 13.0 Å². The maximum absolute atomic E-state index is 14.1. The molecule has 2 aromatic rings. The molecule has 4 heteroatoms. The van der Waals surface area contributed by atoms with Gasteiger partial charge in [-0.1, -0.05) is 6.07 Å². The summed E-state index contributed by atoms with van der Waals surface area (Å²) in [6, 6.07) is 11.0. The summed E-state index contributed by atoms with van der Waals surface area (Å²) in [5.41, 5.74) is 2.17. The monoisotopic (exact) mass is 276 g/mol. The van der Waals surface area contributed by atoms with Crippen LogP contribution in [-0.2, 0) is 0 Å². The van der Waals surface area contributed by atoms with Gasteiger partial charge in [0.05, 0.1) is 0 Å². The number of hydrogen-bond donors (Lipinski definition) is 1. The van der Waals surface area contributed by atoms with E-state index in [0.29, 0.717) is 5.56 Å². The van der Waals surface area contributed by atoms with Crippen LogP contribution in [0.25, 0.3) is 0 Å². The number of halogens is 2. The highest BCUT2D eigenvalue weighted by Gasteiger charge is 2.17. The van der Waals surface area contributed by atoms with E-state index in [1.165, 1.54) is 18.2 Å². The first-order valence-corrected chi connectivity index (χ1v) is 6.49. The van der Waals surface area contributed by atoms with Crippen LogP contribution in [0, 0.1) is 11.6 Å². The molecule has 1 unspecified atom stereocenters. The van der Waals surface area contributed by atoms with Crippen molar-refractivity contribution in [1.82, 2.24) is 5.32 Å². The van der Waals surface area contributed by atoms with Crippen LogP contribution in [-0.4, -0.2) is 14.1 Å². The highest BCUT2D eigenvalue weighted by atomic mass is 19.1. The van der Waals surface area contributed by atoms with Gasteiger partial charge in [0, 0.05) is 30.0 Å². The lowest BCUT2D eigenvalue weighted by atomic mass is 10.0. The van der Waals surface area contributed by atoms with Gasteiger partial charge >= 0.3 is 0 Å². The van der Waals surface area contributed by atoms with E-state index < -0.39 is 0 Å². The fourth-order valence-corrected chi connectivity index (χ4v) is 2.19. The lowest BCUT2D eigenvalue weighted by molar-refractivity contribution is 0.562. The van der Waals surface area contributed by atoms with Gasteiger partial charge in [-0.3, -0.25) is 0 Å². The van der Waals surface area contributed by atoms with Gasteiger partial charge in [0.2, 0.25) is 0 Å². The average molecular weight is 276 g/mol. The topological polar surface area (TPSA) is 15.3 Å². The quantitative estimate of drug-likeness (QED) is 0.907. The SMILES string of the molecule is CNC(C)c1c(F)cccc1N(C)c1ccc(F)cc1. The second kappa shape index (κ2) is 6.01. The third-order valence-corrected chi connectivity index (χ3v) is 3.47. The second-order valence-corrected chi connectivity index (χ2v) is 4.72. The lowest BCUT2D eigenvalue weighted by Crippen LogP contribution is -2.19. The van der Waals surface area contributed by atoms with Crippen molar-refractivity contribution < 1.29 is 8.78 Å². The van der Waals surface area contributed by atoms with Crippen LogP contribution in [0.4, 0.5) is 20.2 Å². The Labute approximate surface area is 118 Å². The first kappa shape index (κ1) is 14.5. The van der Waals surface area contributed by atoms with Crippen molar-refractivity contribution >= 4 is 11.4 Å². The lowest BCUT2D eigenvalue weighted by Gasteiger charge is -2.25. The van der Waals surface area contributed by atoms with E-state index in [-0.39, 0.29) is 17.7 Å². The highest BCUT2D eigenvalue weighted by Crippen LogP contribution is 2.32. The molecular formula is C16H18F2N2. The van der Waals surface area contributed by atoms with Gasteiger partial charge in [0.15, 0.2) is 0 Å². The Morgan fingerprint density at radius 2 is 1.70 bits per heavy atom. The van der Waals surface area contributed by atoms with Crippen LogP contribution in [0.3, 0.4) is 0 Å². The second-order valence-electron chi connectivity index (χ2n) is 4.72. The third-order valence-electron chi connectivity index (χ3n) is 3.47. The van der Waals surface area contributed by atoms with E-state index in [0.717, 1.165) is 11.4 Å². The van der Waals surface area contributed by atoms with Gasteiger partial charge in [0.25, 0.3) is 0 Å². The van der Waals surface area contributed by atoms with Gasteiger partial charge in [-0.15, -0.1) is 0 Å². The zero-order valence-corrected chi connectivity index (χ0v) is 11.8. The highest BCUT2D eigenvalue weighted by molar-refractivity contribution is 5.66. The summed E-state index contributed by atoms with van der Waals surface area (Å²) in [4.78, 5) is 1.85. The molecule has 1 atom stereocenters. The predicted octanol–water partition coefficient (Wildman–Crippen LogP) is 4.01. The van der Waals surface area contributed by atoms with Crippen LogP contribution in [0.15, 0.2) is 42.5 Å². The molecular weight excluding hydrogens is 258 g/mol. The largest absolute Gasteiger partial charge is 0.344 e. The maximum atomic E-state index is 14.1. The minimum Gasteiger partial charge on any atom is -0.344 e. The van der Waals surface area contributed by atoms with E-state index in [9.17, 15) is 8.78 Å². The van der Waals surface area contributed by atoms with E-state index in [2.05, 4.69) is 5.32 Å². The minimum atomic E-state index is -0.287. The summed E-state index contributed by atoms with van der Waals surface area (Å²) in [6.07, 6.45) is 0. The Bertz CT molecular complexity index is 582. The summed E-state index contributed by atoms with van der Waals surface area (Å²) in [6.45, 7) is 1.90. The molecule has 2 nitrogen and oxygen atoms in total. The summed E-state index contributed by atoms with van der Waals surface area (Å²) < 4.78 is 27.1. The molecule has 0 saturated carbocycles. The van der Waals surface area contributed by atoms with Crippen molar-refractivity contribution in [3.8, 4) is 0 Å². The zero-order valence-electron chi connectivity index (χ0n) is 11.8. The Morgan fingerprint density at radius 3 is 2.30 bits per heavy atom. The molecule has 0 aliphatic carbocycles. The minimum absolute atomic E-state index is 0.117. The third kappa shape index (κ3) is 2.80. The molecule has 2 aromatic carbocycles. The van der Waals surface area contributed by atoms with Crippen molar-refractivity contribution in [3.63, 3.8) is 0 Å². The average Bonchev–Trinajstić information content (AvgIpc) is 2.46. The number of hydrogen-bond acceptors (Lipinski definition) is 2. The van der Waals surface area contributed by atoms with Gasteiger partial charge in [-0.05, 0) is 50.4 Å². The van der Waals surface area contributed by atoms with Crippen molar-refractivity contribution in [1.29, 1.82) is 0 Å². The van der Waals surface area contributed by atoms with E-state index in [1.807, 2.05) is 24.9 Å². The van der Waals surface area contributed by atoms with Crippen LogP contribution in [0.2, 0.25) is 0 Å². The number of nitrogens with one attached hydrogen (secondary N) is 1. The molecule has 2 rings (SSSR count). The van der Waals surface area contributed by atoms with Crippen molar-refractivity contribution in [2.24, 2.45) is 0 Å². The summed E-state index contributed by atoms with van der Waals surface area (Å²) in [5.74, 6) is -0.538. The van der Waals surface area contributed by atoms with Crippen LogP contribution >= 0.6 is 0 Å². The fraction of sp³-hybridized carbons (Fsp3) is 0.250. The zero-order chi connectivity index (χ0) is 14.7. The van der Waals surface area contributed by atoms with E-state index >= 15 is 0 Å². The van der Waals surface area contributed by atoms with Crippen molar-refractivity contribution in [3.05, 3.63) is 59.7 Å². The molecule has 0 aliphatic heterocycles. The first-order chi connectivity index (χ1) is 9.54. The number of rotatable bonds is 4. The van der Waals surface area contributed by atoms with E-state index in [4.69, 9.17) is 0 Å². The van der Waals surface area contributed by atoms with Crippen LogP contribution in [0.1, 0.15) is 18.5 Å². The maximum Gasteiger partial charge on any atom is 0.130 e. The molecule has 0 bridgehead atoms. The molecule has 106 valence electrons. The predicted molar refractivity (Wildman–Crippen MR) is 78.3 cm³/mol.